The molecule has 2 aliphatic carbocycles. The molecule has 3 rings (SSSR count). The Hall–Kier alpha value is -1.56. The van der Waals surface area contributed by atoms with Crippen LogP contribution in [0.5, 0.6) is 0 Å². The monoisotopic (exact) mass is 535 g/mol. The van der Waals surface area contributed by atoms with Crippen molar-refractivity contribution in [3.8, 4) is 0 Å². The molecule has 0 bridgehead atoms. The normalized spacial score (nSPS) is 21.9. The molecule has 0 aromatic heterocycles. The quantitative estimate of drug-likeness (QED) is 0.291. The summed E-state index contributed by atoms with van der Waals surface area (Å²) in [6.45, 7) is 29.2. The predicted molar refractivity (Wildman–Crippen MR) is 180 cm³/mol. The smallest absolute Gasteiger partial charge is 0.0100 e. The molecular formula is C39H66. The van der Waals surface area contributed by atoms with E-state index in [4.69, 9.17) is 0 Å². The molecule has 1 fully saturated rings. The minimum Gasteiger partial charge on any atom is -0.0961 e. The second-order valence-corrected chi connectivity index (χ2v) is 14.3. The largest absolute Gasteiger partial charge is 0.0961 e. The fourth-order valence-electron chi connectivity index (χ4n) is 6.35. The van der Waals surface area contributed by atoms with Gasteiger partial charge in [0.2, 0.25) is 0 Å². The highest BCUT2D eigenvalue weighted by Crippen LogP contribution is 2.46. The first-order valence-electron chi connectivity index (χ1n) is 16.4. The first-order valence-corrected chi connectivity index (χ1v) is 16.4. The summed E-state index contributed by atoms with van der Waals surface area (Å²) in [5, 5.41) is 0. The lowest BCUT2D eigenvalue weighted by Crippen LogP contribution is -2.33. The van der Waals surface area contributed by atoms with E-state index < -0.39 is 0 Å². The van der Waals surface area contributed by atoms with Crippen molar-refractivity contribution in [1.29, 1.82) is 0 Å². The maximum Gasteiger partial charge on any atom is -0.0100 e. The van der Waals surface area contributed by atoms with Gasteiger partial charge >= 0.3 is 0 Å². The Morgan fingerprint density at radius 2 is 1.54 bits per heavy atom. The zero-order valence-corrected chi connectivity index (χ0v) is 28.2. The molecule has 2 aliphatic rings. The van der Waals surface area contributed by atoms with E-state index in [0.29, 0.717) is 5.41 Å². The van der Waals surface area contributed by atoms with Gasteiger partial charge in [-0.3, -0.25) is 0 Å². The molecule has 2 atom stereocenters. The van der Waals surface area contributed by atoms with E-state index in [1.54, 1.807) is 0 Å². The molecule has 1 aromatic carbocycles. The molecule has 0 amide bonds. The number of fused-ring (bicyclic) bond motifs is 1. The van der Waals surface area contributed by atoms with Gasteiger partial charge in [-0.1, -0.05) is 162 Å². The van der Waals surface area contributed by atoms with Gasteiger partial charge in [0.1, 0.15) is 0 Å². The van der Waals surface area contributed by atoms with Crippen molar-refractivity contribution in [1.82, 2.24) is 0 Å². The van der Waals surface area contributed by atoms with Crippen LogP contribution >= 0.6 is 0 Å². The van der Waals surface area contributed by atoms with E-state index in [-0.39, 0.29) is 5.41 Å². The Balaban J connectivity index is 0.000000366. The van der Waals surface area contributed by atoms with E-state index >= 15 is 0 Å². The first-order chi connectivity index (χ1) is 18.3. The summed E-state index contributed by atoms with van der Waals surface area (Å²) in [4.78, 5) is 0. The molecule has 0 saturated heterocycles. The van der Waals surface area contributed by atoms with Crippen molar-refractivity contribution in [2.75, 3.05) is 0 Å². The Labute approximate surface area is 245 Å². The minimum absolute atomic E-state index is 0.273. The summed E-state index contributed by atoms with van der Waals surface area (Å²) in [5.74, 6) is 3.04. The third-order valence-electron chi connectivity index (χ3n) is 9.22. The van der Waals surface area contributed by atoms with Crippen molar-refractivity contribution in [2.45, 2.75) is 158 Å². The van der Waals surface area contributed by atoms with Crippen molar-refractivity contribution >= 4 is 5.57 Å². The predicted octanol–water partition coefficient (Wildman–Crippen LogP) is 13.0. The molecule has 1 unspecified atom stereocenters. The van der Waals surface area contributed by atoms with Crippen LogP contribution in [0, 0.1) is 17.8 Å². The van der Waals surface area contributed by atoms with Crippen LogP contribution in [0.2, 0.25) is 0 Å². The summed E-state index contributed by atoms with van der Waals surface area (Å²) >= 11 is 0. The van der Waals surface area contributed by atoms with Gasteiger partial charge in [-0.15, -0.1) is 0 Å². The van der Waals surface area contributed by atoms with Crippen LogP contribution in [0.25, 0.3) is 5.57 Å². The lowest BCUT2D eigenvalue weighted by atomic mass is 9.63. The molecule has 0 aliphatic heterocycles. The third-order valence-corrected chi connectivity index (χ3v) is 9.22. The second-order valence-electron chi connectivity index (χ2n) is 14.3. The van der Waals surface area contributed by atoms with E-state index in [1.807, 2.05) is 6.92 Å². The molecule has 0 radical (unpaired) electrons. The molecule has 0 heterocycles. The summed E-state index contributed by atoms with van der Waals surface area (Å²) in [7, 11) is 0. The van der Waals surface area contributed by atoms with Crippen LogP contribution in [0.1, 0.15) is 163 Å². The van der Waals surface area contributed by atoms with Gasteiger partial charge in [-0.2, -0.15) is 0 Å². The Morgan fingerprint density at radius 3 is 2.03 bits per heavy atom. The number of rotatable bonds is 8. The molecule has 39 heavy (non-hydrogen) atoms. The van der Waals surface area contributed by atoms with Crippen LogP contribution in [0.15, 0.2) is 48.6 Å². The van der Waals surface area contributed by atoms with Crippen LogP contribution in [-0.2, 0) is 10.8 Å². The highest BCUT2D eigenvalue weighted by molar-refractivity contribution is 5.67. The average Bonchev–Trinajstić information content (AvgIpc) is 2.87. The van der Waals surface area contributed by atoms with Gasteiger partial charge < -0.3 is 0 Å². The standard InChI is InChI=1S/C22H30.C9H18.C8H18/c1-16(2)9-8-10-17(3)18-11-12-19-20(15-18)22(6,7)14-13-21(19,4)5;1-3-9-6-4-5-8(2)7-9;1-4-6-8(3)7-5-2/h8-12,15H,1,13-14H2,2-7H3;8-9H,3-7H2,1-2H3;8H,4-7H2,1-3H3/b9-8-,17-10+;;/t;8?,9-;/m.1./s1. The van der Waals surface area contributed by atoms with Crippen molar-refractivity contribution in [3.05, 3.63) is 65.3 Å². The summed E-state index contributed by atoms with van der Waals surface area (Å²) in [5.41, 5.74) is 7.33. The van der Waals surface area contributed by atoms with Gasteiger partial charge in [0.25, 0.3) is 0 Å². The average molecular weight is 535 g/mol. The summed E-state index contributed by atoms with van der Waals surface area (Å²) in [6, 6.07) is 7.05. The summed E-state index contributed by atoms with van der Waals surface area (Å²) in [6.07, 6.45) is 21.7. The first kappa shape index (κ1) is 35.5. The Bertz CT molecular complexity index is 900. The zero-order valence-electron chi connectivity index (χ0n) is 28.2. The van der Waals surface area contributed by atoms with Gasteiger partial charge in [0, 0.05) is 0 Å². The second kappa shape index (κ2) is 17.3. The number of allylic oxidation sites excluding steroid dienone is 5. The number of hydrogen-bond donors (Lipinski definition) is 0. The van der Waals surface area contributed by atoms with Crippen molar-refractivity contribution in [2.24, 2.45) is 17.8 Å². The van der Waals surface area contributed by atoms with E-state index in [9.17, 15) is 0 Å². The molecule has 1 aromatic rings. The van der Waals surface area contributed by atoms with E-state index in [2.05, 4.69) is 112 Å². The van der Waals surface area contributed by atoms with E-state index in [1.165, 1.54) is 92.9 Å². The van der Waals surface area contributed by atoms with Gasteiger partial charge in [-0.05, 0) is 84.0 Å². The molecule has 0 nitrogen and oxygen atoms in total. The van der Waals surface area contributed by atoms with E-state index in [0.717, 1.165) is 23.3 Å². The lowest BCUT2D eigenvalue weighted by molar-refractivity contribution is 0.276. The zero-order chi connectivity index (χ0) is 29.6. The van der Waals surface area contributed by atoms with Crippen molar-refractivity contribution < 1.29 is 0 Å². The number of hydrogen-bond acceptors (Lipinski definition) is 0. The van der Waals surface area contributed by atoms with Gasteiger partial charge in [0.05, 0.1) is 0 Å². The van der Waals surface area contributed by atoms with Gasteiger partial charge in [0.15, 0.2) is 0 Å². The SMILES string of the molecule is C=C(C)/C=C\C=C(/C)c1ccc2c(c1)C(C)(C)CCC2(C)C.CCCC(C)CCC.CC[C@@H]1CCCC(C)C1. The Kier molecular flexibility index (Phi) is 15.7. The highest BCUT2D eigenvalue weighted by atomic mass is 14.4. The summed E-state index contributed by atoms with van der Waals surface area (Å²) < 4.78 is 0. The molecule has 222 valence electrons. The molecular weight excluding hydrogens is 468 g/mol. The molecule has 1 saturated carbocycles. The molecule has 0 spiro atoms. The highest BCUT2D eigenvalue weighted by Gasteiger charge is 2.36. The Morgan fingerprint density at radius 1 is 0.949 bits per heavy atom. The topological polar surface area (TPSA) is 0 Å². The van der Waals surface area contributed by atoms with Gasteiger partial charge in [-0.25, -0.2) is 0 Å². The maximum absolute atomic E-state index is 3.90. The van der Waals surface area contributed by atoms with Crippen LogP contribution < -0.4 is 0 Å². The van der Waals surface area contributed by atoms with Crippen molar-refractivity contribution in [3.63, 3.8) is 0 Å². The minimum atomic E-state index is 0.273. The number of benzene rings is 1. The third kappa shape index (κ3) is 12.7. The fourth-order valence-corrected chi connectivity index (χ4v) is 6.35. The van der Waals surface area contributed by atoms with Crippen LogP contribution in [0.4, 0.5) is 0 Å². The van der Waals surface area contributed by atoms with Crippen LogP contribution in [-0.4, -0.2) is 0 Å². The molecule has 0 heteroatoms. The fraction of sp³-hybridized carbons (Fsp3) is 0.692. The lowest BCUT2D eigenvalue weighted by Gasteiger charge is -2.42. The van der Waals surface area contributed by atoms with Crippen LogP contribution in [0.3, 0.4) is 0 Å². The molecule has 0 N–H and O–H groups in total. The maximum atomic E-state index is 3.90.